The van der Waals surface area contributed by atoms with E-state index in [4.69, 9.17) is 0 Å². The summed E-state index contributed by atoms with van der Waals surface area (Å²) in [7, 11) is 0. The van der Waals surface area contributed by atoms with E-state index < -0.39 is 5.54 Å². The number of hydrogen-bond acceptors (Lipinski definition) is 2. The van der Waals surface area contributed by atoms with Crippen molar-refractivity contribution >= 4 is 0 Å². The van der Waals surface area contributed by atoms with Gasteiger partial charge in [0.1, 0.15) is 11.6 Å². The lowest BCUT2D eigenvalue weighted by Crippen LogP contribution is -2.47. The first-order valence-corrected chi connectivity index (χ1v) is 9.56. The Morgan fingerprint density at radius 3 is 1.86 bits per heavy atom. The Hall–Kier alpha value is -2.56. The third kappa shape index (κ3) is 3.23. The molecule has 0 spiro atoms. The summed E-state index contributed by atoms with van der Waals surface area (Å²) in [4.78, 5) is 2.32. The molecule has 1 heterocycles. The highest BCUT2D eigenvalue weighted by Crippen LogP contribution is 2.49. The predicted molar refractivity (Wildman–Crippen MR) is 106 cm³/mol. The molecule has 28 heavy (non-hydrogen) atoms. The van der Waals surface area contributed by atoms with Crippen LogP contribution in [-0.2, 0) is 12.1 Å². The molecule has 0 amide bonds. The third-order valence-electron chi connectivity index (χ3n) is 5.84. The van der Waals surface area contributed by atoms with E-state index in [1.54, 1.807) is 24.3 Å². The Morgan fingerprint density at radius 2 is 1.36 bits per heavy atom. The minimum atomic E-state index is -0.647. The zero-order valence-electron chi connectivity index (χ0n) is 15.6. The van der Waals surface area contributed by atoms with Gasteiger partial charge in [0.15, 0.2) is 0 Å². The number of rotatable bonds is 5. The first-order chi connectivity index (χ1) is 13.6. The first kappa shape index (κ1) is 18.8. The normalized spacial score (nSPS) is 19.0. The summed E-state index contributed by atoms with van der Waals surface area (Å²) in [6.07, 6.45) is 0.804. The molecule has 3 aromatic carbocycles. The van der Waals surface area contributed by atoms with Crippen molar-refractivity contribution in [2.75, 3.05) is 13.2 Å². The Morgan fingerprint density at radius 1 is 0.821 bits per heavy atom. The van der Waals surface area contributed by atoms with Crippen LogP contribution < -0.4 is 0 Å². The maximum absolute atomic E-state index is 13.7. The van der Waals surface area contributed by atoms with Crippen LogP contribution in [0, 0.1) is 17.6 Å². The molecule has 0 saturated carbocycles. The fraction of sp³-hybridized carbons (Fsp3) is 0.250. The van der Waals surface area contributed by atoms with Crippen LogP contribution in [0.5, 0.6) is 0 Å². The zero-order valence-corrected chi connectivity index (χ0v) is 15.6. The molecule has 0 bridgehead atoms. The Kier molecular flexibility index (Phi) is 5.25. The SMILES string of the molecule is OCC1CCN(Cc2ccccc2)C1(c1ccc(F)cc1)c1ccc(F)cc1. The van der Waals surface area contributed by atoms with Crippen molar-refractivity contribution in [1.29, 1.82) is 0 Å². The van der Waals surface area contributed by atoms with Crippen LogP contribution in [0.2, 0.25) is 0 Å². The van der Waals surface area contributed by atoms with Gasteiger partial charge < -0.3 is 5.11 Å². The molecular formula is C24H23F2NO. The van der Waals surface area contributed by atoms with Crippen molar-refractivity contribution in [3.8, 4) is 0 Å². The number of halogens is 2. The quantitative estimate of drug-likeness (QED) is 0.693. The van der Waals surface area contributed by atoms with Crippen molar-refractivity contribution < 1.29 is 13.9 Å². The van der Waals surface area contributed by atoms with E-state index in [2.05, 4.69) is 17.0 Å². The second-order valence-corrected chi connectivity index (χ2v) is 7.36. The molecule has 1 N–H and O–H groups in total. The number of benzene rings is 3. The summed E-state index contributed by atoms with van der Waals surface area (Å²) >= 11 is 0. The van der Waals surface area contributed by atoms with E-state index in [-0.39, 0.29) is 24.2 Å². The second-order valence-electron chi connectivity index (χ2n) is 7.36. The largest absolute Gasteiger partial charge is 0.396 e. The van der Waals surface area contributed by atoms with E-state index in [0.29, 0.717) is 6.54 Å². The van der Waals surface area contributed by atoms with Gasteiger partial charge in [0, 0.05) is 25.6 Å². The summed E-state index contributed by atoms with van der Waals surface area (Å²) in [5.41, 5.74) is 2.34. The van der Waals surface area contributed by atoms with Crippen LogP contribution >= 0.6 is 0 Å². The van der Waals surface area contributed by atoms with Crippen LogP contribution in [0.4, 0.5) is 8.78 Å². The molecule has 4 heteroatoms. The maximum Gasteiger partial charge on any atom is 0.123 e. The van der Waals surface area contributed by atoms with Gasteiger partial charge in [-0.2, -0.15) is 0 Å². The number of hydrogen-bond donors (Lipinski definition) is 1. The highest BCUT2D eigenvalue weighted by atomic mass is 19.1. The van der Waals surface area contributed by atoms with Crippen molar-refractivity contribution in [3.05, 3.63) is 107 Å². The van der Waals surface area contributed by atoms with Crippen molar-refractivity contribution in [3.63, 3.8) is 0 Å². The molecule has 2 nitrogen and oxygen atoms in total. The van der Waals surface area contributed by atoms with Gasteiger partial charge in [-0.3, -0.25) is 4.90 Å². The van der Waals surface area contributed by atoms with Crippen molar-refractivity contribution in [1.82, 2.24) is 4.90 Å². The van der Waals surface area contributed by atoms with Crippen molar-refractivity contribution in [2.45, 2.75) is 18.5 Å². The molecule has 144 valence electrons. The number of aliphatic hydroxyl groups excluding tert-OH is 1. The molecule has 4 rings (SSSR count). The van der Waals surface area contributed by atoms with Gasteiger partial charge in [0.05, 0.1) is 5.54 Å². The van der Waals surface area contributed by atoms with Gasteiger partial charge in [-0.15, -0.1) is 0 Å². The summed E-state index contributed by atoms with van der Waals surface area (Å²) in [5.74, 6) is -0.676. The monoisotopic (exact) mass is 379 g/mol. The molecule has 1 saturated heterocycles. The minimum Gasteiger partial charge on any atom is -0.396 e. The summed E-state index contributed by atoms with van der Waals surface area (Å²) in [6.45, 7) is 1.47. The molecule has 1 atom stereocenters. The van der Waals surface area contributed by atoms with Crippen LogP contribution in [0.1, 0.15) is 23.1 Å². The van der Waals surface area contributed by atoms with Crippen LogP contribution in [-0.4, -0.2) is 23.2 Å². The number of aliphatic hydroxyl groups is 1. The van der Waals surface area contributed by atoms with Gasteiger partial charge in [0.25, 0.3) is 0 Å². The van der Waals surface area contributed by atoms with E-state index >= 15 is 0 Å². The Bertz CT molecular complexity index is 864. The van der Waals surface area contributed by atoms with Crippen LogP contribution in [0.15, 0.2) is 78.9 Å². The van der Waals surface area contributed by atoms with Gasteiger partial charge >= 0.3 is 0 Å². The lowest BCUT2D eigenvalue weighted by Gasteiger charge is -2.43. The molecule has 1 fully saturated rings. The van der Waals surface area contributed by atoms with Crippen LogP contribution in [0.3, 0.4) is 0 Å². The zero-order chi connectivity index (χ0) is 19.6. The van der Waals surface area contributed by atoms with Crippen molar-refractivity contribution in [2.24, 2.45) is 5.92 Å². The second kappa shape index (κ2) is 7.82. The first-order valence-electron chi connectivity index (χ1n) is 9.56. The molecule has 0 aromatic heterocycles. The van der Waals surface area contributed by atoms with E-state index in [9.17, 15) is 13.9 Å². The Balaban J connectivity index is 1.88. The topological polar surface area (TPSA) is 23.5 Å². The maximum atomic E-state index is 13.7. The van der Waals surface area contributed by atoms with Crippen LogP contribution in [0.25, 0.3) is 0 Å². The van der Waals surface area contributed by atoms with Gasteiger partial charge in [-0.05, 0) is 47.4 Å². The average Bonchev–Trinajstić information content (AvgIpc) is 3.08. The fourth-order valence-corrected chi connectivity index (χ4v) is 4.60. The molecule has 1 aliphatic rings. The Labute approximate surface area is 164 Å². The fourth-order valence-electron chi connectivity index (χ4n) is 4.60. The lowest BCUT2D eigenvalue weighted by atomic mass is 9.73. The smallest absolute Gasteiger partial charge is 0.123 e. The molecular weight excluding hydrogens is 356 g/mol. The minimum absolute atomic E-state index is 0.0000422. The predicted octanol–water partition coefficient (Wildman–Crippen LogP) is 4.72. The van der Waals surface area contributed by atoms with Gasteiger partial charge in [-0.25, -0.2) is 8.78 Å². The van der Waals surface area contributed by atoms with E-state index in [1.165, 1.54) is 24.3 Å². The molecule has 0 radical (unpaired) electrons. The summed E-state index contributed by atoms with van der Waals surface area (Å²) < 4.78 is 27.3. The molecule has 3 aromatic rings. The number of nitrogens with zero attached hydrogens (tertiary/aromatic N) is 1. The molecule has 1 aliphatic heterocycles. The highest BCUT2D eigenvalue weighted by Gasteiger charge is 2.50. The molecule has 0 aliphatic carbocycles. The highest BCUT2D eigenvalue weighted by molar-refractivity contribution is 5.42. The lowest BCUT2D eigenvalue weighted by molar-refractivity contribution is 0.0950. The molecule has 1 unspecified atom stereocenters. The third-order valence-corrected chi connectivity index (χ3v) is 5.84. The van der Waals surface area contributed by atoms with E-state index in [0.717, 1.165) is 29.7 Å². The standard InChI is InChI=1S/C24H23F2NO/c25-22-10-6-19(7-11-22)24(20-8-12-23(26)13-9-20)21(17-28)14-15-27(24)16-18-4-2-1-3-5-18/h1-13,21,28H,14-17H2. The summed E-state index contributed by atoms with van der Waals surface area (Å²) in [5, 5.41) is 10.2. The van der Waals surface area contributed by atoms with Gasteiger partial charge in [-0.1, -0.05) is 54.6 Å². The summed E-state index contributed by atoms with van der Waals surface area (Å²) in [6, 6.07) is 23.1. The van der Waals surface area contributed by atoms with E-state index in [1.807, 2.05) is 18.2 Å². The average molecular weight is 379 g/mol. The van der Waals surface area contributed by atoms with Gasteiger partial charge in [0.2, 0.25) is 0 Å². The number of likely N-dealkylation sites (tertiary alicyclic amines) is 1.